The van der Waals surface area contributed by atoms with E-state index in [1.807, 2.05) is 47.9 Å². The molecule has 1 aromatic heterocycles. The van der Waals surface area contributed by atoms with Gasteiger partial charge in [0, 0.05) is 5.38 Å². The molecule has 0 radical (unpaired) electrons. The summed E-state index contributed by atoms with van der Waals surface area (Å²) >= 11 is 1.45. The Hall–Kier alpha value is -1.61. The molecule has 1 aromatic carbocycles. The summed E-state index contributed by atoms with van der Waals surface area (Å²) in [6.07, 6.45) is 3.98. The van der Waals surface area contributed by atoms with Gasteiger partial charge in [-0.15, -0.1) is 11.3 Å². The first-order valence-corrected chi connectivity index (χ1v) is 5.17. The molecule has 70 valence electrons. The molecule has 0 bridgehead atoms. The van der Waals surface area contributed by atoms with E-state index in [4.69, 9.17) is 5.73 Å². The Kier molecular flexibility index (Phi) is 2.60. The van der Waals surface area contributed by atoms with Crippen LogP contribution in [0.25, 0.3) is 12.2 Å². The average Bonchev–Trinajstić information content (AvgIpc) is 2.63. The van der Waals surface area contributed by atoms with Gasteiger partial charge in [-0.05, 0) is 11.6 Å². The van der Waals surface area contributed by atoms with Crippen molar-refractivity contribution in [3.63, 3.8) is 0 Å². The fraction of sp³-hybridized carbons (Fsp3) is 0. The summed E-state index contributed by atoms with van der Waals surface area (Å²) in [5, 5.41) is 2.55. The maximum absolute atomic E-state index is 5.52. The van der Waals surface area contributed by atoms with E-state index in [-0.39, 0.29) is 0 Å². The van der Waals surface area contributed by atoms with Gasteiger partial charge in [0.05, 0.1) is 5.69 Å². The van der Waals surface area contributed by atoms with Crippen molar-refractivity contribution in [3.05, 3.63) is 47.0 Å². The molecule has 0 amide bonds. The highest BCUT2D eigenvalue weighted by atomic mass is 32.1. The second-order valence-electron chi connectivity index (χ2n) is 2.85. The number of thiazole rings is 1. The molecule has 0 atom stereocenters. The second kappa shape index (κ2) is 4.07. The number of nitrogens with two attached hydrogens (primary N) is 1. The standard InChI is InChI=1S/C11H10N2S/c12-11-13-10(8-14-11)7-6-9-4-2-1-3-5-9/h1-8H,(H2,12,13)/b7-6-. The molecule has 0 unspecified atom stereocenters. The third-order valence-corrected chi connectivity index (χ3v) is 2.48. The normalized spacial score (nSPS) is 10.9. The molecule has 2 rings (SSSR count). The van der Waals surface area contributed by atoms with Crippen molar-refractivity contribution in [2.24, 2.45) is 0 Å². The SMILES string of the molecule is Nc1nc(/C=C\c2ccccc2)cs1. The largest absolute Gasteiger partial charge is 0.375 e. The Morgan fingerprint density at radius 3 is 2.57 bits per heavy atom. The van der Waals surface area contributed by atoms with E-state index in [1.165, 1.54) is 16.9 Å². The maximum Gasteiger partial charge on any atom is 0.180 e. The van der Waals surface area contributed by atoms with Crippen molar-refractivity contribution in [2.45, 2.75) is 0 Å². The van der Waals surface area contributed by atoms with Gasteiger partial charge in [0.25, 0.3) is 0 Å². The summed E-state index contributed by atoms with van der Waals surface area (Å²) in [6.45, 7) is 0. The smallest absolute Gasteiger partial charge is 0.180 e. The lowest BCUT2D eigenvalue weighted by Gasteiger charge is -1.89. The zero-order chi connectivity index (χ0) is 9.80. The van der Waals surface area contributed by atoms with E-state index in [0.29, 0.717) is 5.13 Å². The number of hydrogen-bond acceptors (Lipinski definition) is 3. The van der Waals surface area contributed by atoms with Crippen molar-refractivity contribution in [2.75, 3.05) is 5.73 Å². The number of hydrogen-bond donors (Lipinski definition) is 1. The molecule has 2 aromatic rings. The zero-order valence-corrected chi connectivity index (χ0v) is 8.37. The lowest BCUT2D eigenvalue weighted by molar-refractivity contribution is 1.39. The van der Waals surface area contributed by atoms with Crippen LogP contribution in [0.5, 0.6) is 0 Å². The lowest BCUT2D eigenvalue weighted by Crippen LogP contribution is -1.80. The van der Waals surface area contributed by atoms with Gasteiger partial charge in [0.15, 0.2) is 5.13 Å². The highest BCUT2D eigenvalue weighted by molar-refractivity contribution is 7.13. The molecule has 0 fully saturated rings. The zero-order valence-electron chi connectivity index (χ0n) is 7.55. The first kappa shape index (κ1) is 8.97. The van der Waals surface area contributed by atoms with E-state index < -0.39 is 0 Å². The highest BCUT2D eigenvalue weighted by Gasteiger charge is 1.92. The predicted octanol–water partition coefficient (Wildman–Crippen LogP) is 2.90. The highest BCUT2D eigenvalue weighted by Crippen LogP contribution is 2.13. The van der Waals surface area contributed by atoms with Crippen LogP contribution in [0, 0.1) is 0 Å². The van der Waals surface area contributed by atoms with Crippen LogP contribution in [0.3, 0.4) is 0 Å². The van der Waals surface area contributed by atoms with Gasteiger partial charge in [-0.2, -0.15) is 0 Å². The van der Waals surface area contributed by atoms with Gasteiger partial charge in [-0.25, -0.2) is 4.98 Å². The Morgan fingerprint density at radius 1 is 1.14 bits per heavy atom. The molecular formula is C11H10N2S. The minimum absolute atomic E-state index is 0.609. The predicted molar refractivity (Wildman–Crippen MR) is 61.9 cm³/mol. The summed E-state index contributed by atoms with van der Waals surface area (Å²) in [4.78, 5) is 4.14. The van der Waals surface area contributed by atoms with Crippen LogP contribution in [-0.4, -0.2) is 4.98 Å². The van der Waals surface area contributed by atoms with Gasteiger partial charge in [-0.3, -0.25) is 0 Å². The van der Waals surface area contributed by atoms with Gasteiger partial charge >= 0.3 is 0 Å². The number of nitrogens with zero attached hydrogens (tertiary/aromatic N) is 1. The maximum atomic E-state index is 5.52. The van der Waals surface area contributed by atoms with E-state index >= 15 is 0 Å². The quantitative estimate of drug-likeness (QED) is 0.813. The van der Waals surface area contributed by atoms with Crippen LogP contribution >= 0.6 is 11.3 Å². The lowest BCUT2D eigenvalue weighted by atomic mass is 10.2. The molecule has 3 heteroatoms. The number of aromatic nitrogens is 1. The fourth-order valence-electron chi connectivity index (χ4n) is 1.12. The molecule has 0 aliphatic heterocycles. The Balaban J connectivity index is 2.15. The van der Waals surface area contributed by atoms with Crippen molar-refractivity contribution in [1.82, 2.24) is 4.98 Å². The number of benzene rings is 1. The van der Waals surface area contributed by atoms with Crippen LogP contribution in [0.15, 0.2) is 35.7 Å². The summed E-state index contributed by atoms with van der Waals surface area (Å²) in [5.41, 5.74) is 7.60. The van der Waals surface area contributed by atoms with Crippen LogP contribution < -0.4 is 5.73 Å². The molecule has 1 heterocycles. The summed E-state index contributed by atoms with van der Waals surface area (Å²) in [6, 6.07) is 10.1. The number of nitrogen functional groups attached to an aromatic ring is 1. The first-order chi connectivity index (χ1) is 6.84. The summed E-state index contributed by atoms with van der Waals surface area (Å²) < 4.78 is 0. The van der Waals surface area contributed by atoms with Crippen molar-refractivity contribution < 1.29 is 0 Å². The van der Waals surface area contributed by atoms with Crippen molar-refractivity contribution in [1.29, 1.82) is 0 Å². The molecule has 2 N–H and O–H groups in total. The minimum Gasteiger partial charge on any atom is -0.375 e. The average molecular weight is 202 g/mol. The topological polar surface area (TPSA) is 38.9 Å². The van der Waals surface area contributed by atoms with Gasteiger partial charge in [-0.1, -0.05) is 36.4 Å². The summed E-state index contributed by atoms with van der Waals surface area (Å²) in [7, 11) is 0. The molecule has 2 nitrogen and oxygen atoms in total. The Labute approximate surface area is 86.7 Å². The van der Waals surface area contributed by atoms with Crippen LogP contribution in [0.2, 0.25) is 0 Å². The Bertz CT molecular complexity index is 432. The molecule has 0 aliphatic carbocycles. The van der Waals surface area contributed by atoms with Crippen LogP contribution in [-0.2, 0) is 0 Å². The molecule has 0 saturated heterocycles. The van der Waals surface area contributed by atoms with E-state index in [9.17, 15) is 0 Å². The van der Waals surface area contributed by atoms with Crippen LogP contribution in [0.4, 0.5) is 5.13 Å². The second-order valence-corrected chi connectivity index (χ2v) is 3.74. The third kappa shape index (κ3) is 2.20. The van der Waals surface area contributed by atoms with E-state index in [1.54, 1.807) is 0 Å². The van der Waals surface area contributed by atoms with Gasteiger partial charge < -0.3 is 5.73 Å². The first-order valence-electron chi connectivity index (χ1n) is 4.29. The molecular weight excluding hydrogens is 192 g/mol. The van der Waals surface area contributed by atoms with Gasteiger partial charge in [0.2, 0.25) is 0 Å². The van der Waals surface area contributed by atoms with Crippen molar-refractivity contribution >= 4 is 28.6 Å². The third-order valence-electron chi connectivity index (χ3n) is 1.79. The number of rotatable bonds is 2. The van der Waals surface area contributed by atoms with Gasteiger partial charge in [0.1, 0.15) is 0 Å². The summed E-state index contributed by atoms with van der Waals surface area (Å²) in [5.74, 6) is 0. The van der Waals surface area contributed by atoms with E-state index in [2.05, 4.69) is 4.98 Å². The van der Waals surface area contributed by atoms with Crippen molar-refractivity contribution in [3.8, 4) is 0 Å². The minimum atomic E-state index is 0.609. The molecule has 0 saturated carbocycles. The van der Waals surface area contributed by atoms with Crippen LogP contribution in [0.1, 0.15) is 11.3 Å². The monoisotopic (exact) mass is 202 g/mol. The molecule has 14 heavy (non-hydrogen) atoms. The van der Waals surface area contributed by atoms with E-state index in [0.717, 1.165) is 5.69 Å². The fourth-order valence-corrected chi connectivity index (χ4v) is 1.65. The molecule has 0 spiro atoms. The number of anilines is 1. The molecule has 0 aliphatic rings. The Morgan fingerprint density at radius 2 is 1.93 bits per heavy atom.